The second-order valence-electron chi connectivity index (χ2n) is 7.04. The first-order valence-electron chi connectivity index (χ1n) is 9.44. The van der Waals surface area contributed by atoms with E-state index in [2.05, 4.69) is 10.4 Å². The Morgan fingerprint density at radius 3 is 2.62 bits per heavy atom. The molecule has 3 heterocycles. The molecule has 0 fully saturated rings. The highest BCUT2D eigenvalue weighted by molar-refractivity contribution is 5.87. The predicted octanol–water partition coefficient (Wildman–Crippen LogP) is 3.27. The highest BCUT2D eigenvalue weighted by Crippen LogP contribution is 2.25. The van der Waals surface area contributed by atoms with Gasteiger partial charge in [0.25, 0.3) is 5.56 Å². The molecule has 0 aliphatic carbocycles. The van der Waals surface area contributed by atoms with Crippen LogP contribution in [-0.2, 0) is 11.3 Å². The third kappa shape index (κ3) is 3.35. The summed E-state index contributed by atoms with van der Waals surface area (Å²) in [5.74, 6) is 0.379. The zero-order chi connectivity index (χ0) is 20.5. The van der Waals surface area contributed by atoms with Crippen LogP contribution in [-0.4, -0.2) is 20.3 Å². The number of hydrogen-bond acceptors (Lipinski definition) is 4. The minimum Gasteiger partial charge on any atom is -0.467 e. The van der Waals surface area contributed by atoms with Crippen LogP contribution in [0, 0.1) is 13.8 Å². The van der Waals surface area contributed by atoms with E-state index in [1.807, 2.05) is 44.2 Å². The van der Waals surface area contributed by atoms with Crippen LogP contribution in [0.4, 0.5) is 0 Å². The molecular weight excluding hydrogens is 368 g/mol. The Bertz CT molecular complexity index is 1220. The summed E-state index contributed by atoms with van der Waals surface area (Å²) in [7, 11) is 0. The van der Waals surface area contributed by atoms with Crippen molar-refractivity contribution in [3.05, 3.63) is 82.2 Å². The monoisotopic (exact) mass is 390 g/mol. The molecule has 29 heavy (non-hydrogen) atoms. The molecule has 7 nitrogen and oxygen atoms in total. The van der Waals surface area contributed by atoms with Crippen molar-refractivity contribution in [3.63, 3.8) is 0 Å². The van der Waals surface area contributed by atoms with Crippen LogP contribution in [0.5, 0.6) is 0 Å². The van der Waals surface area contributed by atoms with Crippen molar-refractivity contribution in [2.75, 3.05) is 0 Å². The Morgan fingerprint density at radius 2 is 1.93 bits per heavy atom. The van der Waals surface area contributed by atoms with Crippen molar-refractivity contribution in [2.24, 2.45) is 0 Å². The third-order valence-corrected chi connectivity index (χ3v) is 5.02. The largest absolute Gasteiger partial charge is 0.467 e. The highest BCUT2D eigenvalue weighted by Gasteiger charge is 2.24. The number of aromatic nitrogens is 3. The van der Waals surface area contributed by atoms with Crippen LogP contribution in [0.15, 0.2) is 64.0 Å². The summed E-state index contributed by atoms with van der Waals surface area (Å²) < 4.78 is 8.50. The summed E-state index contributed by atoms with van der Waals surface area (Å²) in [5, 5.41) is 8.37. The second kappa shape index (κ2) is 7.43. The molecule has 1 aromatic carbocycles. The molecule has 3 aromatic heterocycles. The number of hydrogen-bond donors (Lipinski definition) is 1. The lowest BCUT2D eigenvalue weighted by Gasteiger charge is -2.18. The molecule has 0 spiro atoms. The van der Waals surface area contributed by atoms with Gasteiger partial charge in [-0.05, 0) is 50.6 Å². The van der Waals surface area contributed by atoms with Crippen molar-refractivity contribution in [1.82, 2.24) is 19.7 Å². The van der Waals surface area contributed by atoms with Crippen LogP contribution in [0.3, 0.4) is 0 Å². The van der Waals surface area contributed by atoms with Crippen LogP contribution in [0.25, 0.3) is 16.7 Å². The summed E-state index contributed by atoms with van der Waals surface area (Å²) in [6.07, 6.45) is 1.56. The number of furan rings is 1. The minimum atomic E-state index is -0.723. The molecule has 0 bridgehead atoms. The summed E-state index contributed by atoms with van der Waals surface area (Å²) in [5.41, 5.74) is 2.84. The van der Waals surface area contributed by atoms with Crippen molar-refractivity contribution in [3.8, 4) is 5.69 Å². The highest BCUT2D eigenvalue weighted by atomic mass is 16.3. The van der Waals surface area contributed by atoms with Crippen molar-refractivity contribution < 1.29 is 9.21 Å². The Labute approximate surface area is 167 Å². The number of rotatable bonds is 5. The maximum Gasteiger partial charge on any atom is 0.253 e. The van der Waals surface area contributed by atoms with Crippen LogP contribution >= 0.6 is 0 Å². The Kier molecular flexibility index (Phi) is 4.80. The van der Waals surface area contributed by atoms with E-state index in [1.165, 1.54) is 4.57 Å². The maximum atomic E-state index is 12.9. The SMILES string of the molecule is Cc1cc(=O)n([C@@H](C)C(=O)NCc2ccco2)c2c1c(C)nn2-c1ccccc1. The van der Waals surface area contributed by atoms with E-state index in [1.54, 1.807) is 36.1 Å². The molecular formula is C22H22N4O3. The molecule has 1 N–H and O–H groups in total. The first kappa shape index (κ1) is 18.7. The van der Waals surface area contributed by atoms with Gasteiger partial charge in [0.15, 0.2) is 0 Å². The van der Waals surface area contributed by atoms with Gasteiger partial charge in [-0.2, -0.15) is 5.10 Å². The van der Waals surface area contributed by atoms with Gasteiger partial charge in [-0.25, -0.2) is 4.68 Å². The fourth-order valence-electron chi connectivity index (χ4n) is 3.61. The minimum absolute atomic E-state index is 0.243. The topological polar surface area (TPSA) is 82.1 Å². The molecule has 4 aromatic rings. The van der Waals surface area contributed by atoms with Gasteiger partial charge in [-0.1, -0.05) is 18.2 Å². The van der Waals surface area contributed by atoms with E-state index in [0.717, 1.165) is 22.3 Å². The molecule has 148 valence electrons. The summed E-state index contributed by atoms with van der Waals surface area (Å²) in [6, 6.07) is 14.0. The van der Waals surface area contributed by atoms with Gasteiger partial charge in [-0.3, -0.25) is 14.2 Å². The Hall–Kier alpha value is -3.61. The van der Waals surface area contributed by atoms with Crippen molar-refractivity contribution in [1.29, 1.82) is 0 Å². The second-order valence-corrected chi connectivity index (χ2v) is 7.04. The normalized spacial score (nSPS) is 12.2. The number of aryl methyl sites for hydroxylation is 2. The Morgan fingerprint density at radius 1 is 1.17 bits per heavy atom. The van der Waals surface area contributed by atoms with Crippen molar-refractivity contribution in [2.45, 2.75) is 33.4 Å². The first-order chi connectivity index (χ1) is 14.0. The maximum absolute atomic E-state index is 12.9. The van der Waals surface area contributed by atoms with E-state index in [9.17, 15) is 9.59 Å². The van der Waals surface area contributed by atoms with Crippen molar-refractivity contribution >= 4 is 16.9 Å². The first-order valence-corrected chi connectivity index (χ1v) is 9.44. The van der Waals surface area contributed by atoms with Gasteiger partial charge in [0.2, 0.25) is 5.91 Å². The number of nitrogens with zero attached hydrogens (tertiary/aromatic N) is 3. The standard InChI is InChI=1S/C22H22N4O3/c1-14-12-19(27)25(16(3)21(28)23-13-18-10-7-11-29-18)22-20(14)15(2)24-26(22)17-8-5-4-6-9-17/h4-12,16H,13H2,1-3H3,(H,23,28)/t16-/m0/s1. The molecule has 0 unspecified atom stereocenters. The van der Waals surface area contributed by atoms with E-state index in [-0.39, 0.29) is 18.0 Å². The number of benzene rings is 1. The Balaban J connectivity index is 1.83. The number of carbonyl (C=O) groups is 1. The van der Waals surface area contributed by atoms with Crippen LogP contribution in [0.1, 0.15) is 30.0 Å². The van der Waals surface area contributed by atoms with Crippen LogP contribution in [0.2, 0.25) is 0 Å². The summed E-state index contributed by atoms with van der Waals surface area (Å²) in [6.45, 7) is 5.77. The summed E-state index contributed by atoms with van der Waals surface area (Å²) >= 11 is 0. The average Bonchev–Trinajstić information content (AvgIpc) is 3.34. The van der Waals surface area contributed by atoms with E-state index >= 15 is 0 Å². The number of para-hydroxylation sites is 1. The zero-order valence-electron chi connectivity index (χ0n) is 16.5. The quantitative estimate of drug-likeness (QED) is 0.567. The number of pyridine rings is 1. The molecule has 1 atom stereocenters. The molecule has 1 amide bonds. The van der Waals surface area contributed by atoms with Gasteiger partial charge in [0.1, 0.15) is 17.4 Å². The molecule has 0 aliphatic rings. The predicted molar refractivity (Wildman–Crippen MR) is 110 cm³/mol. The van der Waals surface area contributed by atoms with Gasteiger partial charge in [-0.15, -0.1) is 0 Å². The third-order valence-electron chi connectivity index (χ3n) is 5.02. The van der Waals surface area contributed by atoms with Crippen LogP contribution < -0.4 is 10.9 Å². The molecule has 0 saturated carbocycles. The smallest absolute Gasteiger partial charge is 0.253 e. The van der Waals surface area contributed by atoms with E-state index < -0.39 is 6.04 Å². The molecule has 4 rings (SSSR count). The average molecular weight is 390 g/mol. The number of fused-ring (bicyclic) bond motifs is 1. The van der Waals surface area contributed by atoms with Gasteiger partial charge in [0.05, 0.1) is 24.2 Å². The number of amides is 1. The lowest BCUT2D eigenvalue weighted by molar-refractivity contribution is -0.124. The zero-order valence-corrected chi connectivity index (χ0v) is 16.5. The molecule has 0 aliphatic heterocycles. The van der Waals surface area contributed by atoms with Gasteiger partial charge in [0, 0.05) is 11.5 Å². The fourth-order valence-corrected chi connectivity index (χ4v) is 3.61. The van der Waals surface area contributed by atoms with E-state index in [0.29, 0.717) is 11.4 Å². The lowest BCUT2D eigenvalue weighted by atomic mass is 10.1. The molecule has 0 radical (unpaired) electrons. The molecule has 7 heteroatoms. The lowest BCUT2D eigenvalue weighted by Crippen LogP contribution is -2.36. The fraction of sp³-hybridized carbons (Fsp3) is 0.227. The van der Waals surface area contributed by atoms with Gasteiger partial charge < -0.3 is 9.73 Å². The van der Waals surface area contributed by atoms with Gasteiger partial charge >= 0.3 is 0 Å². The summed E-state index contributed by atoms with van der Waals surface area (Å²) in [4.78, 5) is 25.8. The number of nitrogens with one attached hydrogen (secondary N) is 1. The molecule has 0 saturated heterocycles. The van der Waals surface area contributed by atoms with E-state index in [4.69, 9.17) is 4.42 Å². The number of carbonyl (C=O) groups excluding carboxylic acids is 1.